The summed E-state index contributed by atoms with van der Waals surface area (Å²) in [5, 5.41) is 3.65. The molecule has 1 saturated carbocycles. The Morgan fingerprint density at radius 1 is 1.33 bits per heavy atom. The van der Waals surface area contributed by atoms with Crippen molar-refractivity contribution in [3.63, 3.8) is 0 Å². The molecular formula is C16H20BrF2NO. The first kappa shape index (κ1) is 16.4. The predicted molar refractivity (Wildman–Crippen MR) is 82.4 cm³/mol. The van der Waals surface area contributed by atoms with E-state index in [1.165, 1.54) is 18.2 Å². The molecule has 116 valence electrons. The van der Waals surface area contributed by atoms with E-state index in [-0.39, 0.29) is 23.4 Å². The van der Waals surface area contributed by atoms with E-state index in [0.29, 0.717) is 11.2 Å². The highest BCUT2D eigenvalue weighted by molar-refractivity contribution is 9.09. The van der Waals surface area contributed by atoms with Gasteiger partial charge in [0.2, 0.25) is 5.91 Å². The molecule has 0 spiro atoms. The van der Waals surface area contributed by atoms with Crippen LogP contribution in [0.5, 0.6) is 0 Å². The van der Waals surface area contributed by atoms with Gasteiger partial charge in [0.1, 0.15) is 11.6 Å². The van der Waals surface area contributed by atoms with Crippen molar-refractivity contribution in [3.8, 4) is 0 Å². The van der Waals surface area contributed by atoms with Crippen LogP contribution in [0.15, 0.2) is 18.2 Å². The molecule has 21 heavy (non-hydrogen) atoms. The topological polar surface area (TPSA) is 29.1 Å². The number of rotatable bonds is 4. The maximum atomic E-state index is 13.6. The van der Waals surface area contributed by atoms with Crippen molar-refractivity contribution < 1.29 is 13.6 Å². The van der Waals surface area contributed by atoms with Gasteiger partial charge in [-0.15, -0.1) is 0 Å². The third kappa shape index (κ3) is 4.02. The number of nitrogens with one attached hydrogen (secondary N) is 1. The van der Waals surface area contributed by atoms with Gasteiger partial charge in [0.25, 0.3) is 0 Å². The Labute approximate surface area is 132 Å². The molecule has 0 bridgehead atoms. The van der Waals surface area contributed by atoms with Crippen LogP contribution in [0.25, 0.3) is 0 Å². The Kier molecular flexibility index (Phi) is 5.36. The lowest BCUT2D eigenvalue weighted by Gasteiger charge is -2.39. The van der Waals surface area contributed by atoms with E-state index >= 15 is 0 Å². The number of hydrogen-bond donors (Lipinski definition) is 1. The summed E-state index contributed by atoms with van der Waals surface area (Å²) in [5.74, 6) is -1.00. The van der Waals surface area contributed by atoms with Crippen LogP contribution in [0.1, 0.15) is 38.2 Å². The molecule has 0 radical (unpaired) electrons. The largest absolute Gasteiger partial charge is 0.350 e. The van der Waals surface area contributed by atoms with E-state index in [1.807, 2.05) is 0 Å². The van der Waals surface area contributed by atoms with Crippen molar-refractivity contribution >= 4 is 21.8 Å². The van der Waals surface area contributed by atoms with Crippen molar-refractivity contribution in [2.75, 3.05) is 5.33 Å². The molecule has 1 aromatic carbocycles. The van der Waals surface area contributed by atoms with Gasteiger partial charge in [-0.3, -0.25) is 4.79 Å². The minimum Gasteiger partial charge on any atom is -0.350 e. The quantitative estimate of drug-likeness (QED) is 0.809. The second-order valence-electron chi connectivity index (χ2n) is 6.02. The maximum Gasteiger partial charge on any atom is 0.225 e. The van der Waals surface area contributed by atoms with Gasteiger partial charge in [0, 0.05) is 16.4 Å². The summed E-state index contributed by atoms with van der Waals surface area (Å²) < 4.78 is 27.2. The predicted octanol–water partition coefficient (Wildman–Crippen LogP) is 3.97. The van der Waals surface area contributed by atoms with Crippen molar-refractivity contribution in [1.82, 2.24) is 5.32 Å². The summed E-state index contributed by atoms with van der Waals surface area (Å²) in [5.41, 5.74) is -0.449. The summed E-state index contributed by atoms with van der Waals surface area (Å²) in [4.78, 5) is 12.2. The molecule has 0 saturated heterocycles. The van der Waals surface area contributed by atoms with E-state index in [1.54, 1.807) is 0 Å². The Morgan fingerprint density at radius 3 is 2.43 bits per heavy atom. The van der Waals surface area contributed by atoms with Gasteiger partial charge in [0.15, 0.2) is 0 Å². The van der Waals surface area contributed by atoms with Gasteiger partial charge in [-0.25, -0.2) is 8.78 Å². The highest BCUT2D eigenvalue weighted by Gasteiger charge is 2.34. The van der Waals surface area contributed by atoms with Gasteiger partial charge in [-0.2, -0.15) is 0 Å². The second kappa shape index (κ2) is 6.86. The van der Waals surface area contributed by atoms with E-state index in [0.717, 1.165) is 25.7 Å². The summed E-state index contributed by atoms with van der Waals surface area (Å²) in [6.07, 6.45) is 3.64. The fraction of sp³-hybridized carbons (Fsp3) is 0.562. The summed E-state index contributed by atoms with van der Waals surface area (Å²) >= 11 is 3.47. The van der Waals surface area contributed by atoms with Crippen LogP contribution in [-0.4, -0.2) is 16.8 Å². The first-order valence-electron chi connectivity index (χ1n) is 7.25. The number of amides is 1. The average Bonchev–Trinajstić information content (AvgIpc) is 2.46. The molecule has 0 atom stereocenters. The van der Waals surface area contributed by atoms with E-state index < -0.39 is 11.6 Å². The first-order chi connectivity index (χ1) is 9.96. The van der Waals surface area contributed by atoms with Crippen LogP contribution < -0.4 is 5.32 Å². The van der Waals surface area contributed by atoms with Gasteiger partial charge >= 0.3 is 0 Å². The van der Waals surface area contributed by atoms with Crippen LogP contribution in [0.4, 0.5) is 8.78 Å². The number of alkyl halides is 1. The average molecular weight is 360 g/mol. The van der Waals surface area contributed by atoms with Crippen molar-refractivity contribution in [3.05, 3.63) is 35.4 Å². The molecule has 1 fully saturated rings. The van der Waals surface area contributed by atoms with E-state index in [2.05, 4.69) is 28.2 Å². The number of carbonyl (C=O) groups excluding carboxylic acids is 1. The third-order valence-electron chi connectivity index (χ3n) is 4.29. The number of halogens is 3. The molecule has 0 aliphatic heterocycles. The van der Waals surface area contributed by atoms with Gasteiger partial charge in [0.05, 0.1) is 6.42 Å². The molecular weight excluding hydrogens is 340 g/mol. The third-order valence-corrected chi connectivity index (χ3v) is 5.36. The number of carbonyl (C=O) groups is 1. The molecule has 2 nitrogen and oxygen atoms in total. The molecule has 0 aromatic heterocycles. The van der Waals surface area contributed by atoms with Crippen LogP contribution in [-0.2, 0) is 11.2 Å². The minimum atomic E-state index is -0.671. The molecule has 1 aliphatic carbocycles. The highest BCUT2D eigenvalue weighted by atomic mass is 79.9. The summed E-state index contributed by atoms with van der Waals surface area (Å²) in [7, 11) is 0. The Bertz CT molecular complexity index is 493. The molecule has 1 aromatic rings. The Morgan fingerprint density at radius 2 is 1.90 bits per heavy atom. The summed E-state index contributed by atoms with van der Waals surface area (Å²) in [6, 6.07) is 3.65. The second-order valence-corrected chi connectivity index (χ2v) is 6.58. The van der Waals surface area contributed by atoms with Crippen LogP contribution in [0, 0.1) is 17.6 Å². The summed E-state index contributed by atoms with van der Waals surface area (Å²) in [6.45, 7) is 2.20. The molecule has 1 N–H and O–H groups in total. The van der Waals surface area contributed by atoms with Crippen molar-refractivity contribution in [2.24, 2.45) is 5.92 Å². The molecule has 5 heteroatoms. The molecule has 0 heterocycles. The number of benzene rings is 1. The fourth-order valence-electron chi connectivity index (χ4n) is 2.81. The van der Waals surface area contributed by atoms with Crippen LogP contribution >= 0.6 is 15.9 Å². The lowest BCUT2D eigenvalue weighted by molar-refractivity contribution is -0.122. The van der Waals surface area contributed by atoms with Crippen molar-refractivity contribution in [1.29, 1.82) is 0 Å². The monoisotopic (exact) mass is 359 g/mol. The molecule has 1 amide bonds. The van der Waals surface area contributed by atoms with Crippen LogP contribution in [0.3, 0.4) is 0 Å². The zero-order chi connectivity index (χ0) is 15.5. The fourth-order valence-corrected chi connectivity index (χ4v) is 3.51. The lowest BCUT2D eigenvalue weighted by atomic mass is 9.78. The van der Waals surface area contributed by atoms with Gasteiger partial charge < -0.3 is 5.32 Å². The van der Waals surface area contributed by atoms with Gasteiger partial charge in [-0.05, 0) is 43.7 Å². The zero-order valence-corrected chi connectivity index (χ0v) is 13.7. The van der Waals surface area contributed by atoms with Crippen molar-refractivity contribution in [2.45, 2.75) is 44.6 Å². The molecule has 0 unspecified atom stereocenters. The Hall–Kier alpha value is -0.970. The maximum absolute atomic E-state index is 13.6. The lowest BCUT2D eigenvalue weighted by Crippen LogP contribution is -2.52. The normalized spacial score (nSPS) is 25.6. The highest BCUT2D eigenvalue weighted by Crippen LogP contribution is 2.33. The van der Waals surface area contributed by atoms with E-state index in [9.17, 15) is 13.6 Å². The standard InChI is InChI=1S/C16H20BrF2NO/c1-11-5-7-16(10-17,8-6-11)20-15(21)9-12-13(18)3-2-4-14(12)19/h2-4,11H,5-10H2,1H3,(H,20,21). The molecule has 2 rings (SSSR count). The minimum absolute atomic E-state index is 0.163. The number of hydrogen-bond acceptors (Lipinski definition) is 1. The first-order valence-corrected chi connectivity index (χ1v) is 8.38. The van der Waals surface area contributed by atoms with Crippen LogP contribution in [0.2, 0.25) is 0 Å². The zero-order valence-electron chi connectivity index (χ0n) is 12.1. The SMILES string of the molecule is CC1CCC(CBr)(NC(=O)Cc2c(F)cccc2F)CC1. The van der Waals surface area contributed by atoms with E-state index in [4.69, 9.17) is 0 Å². The smallest absolute Gasteiger partial charge is 0.225 e. The molecule has 1 aliphatic rings. The van der Waals surface area contributed by atoms with Gasteiger partial charge in [-0.1, -0.05) is 28.9 Å². The Balaban J connectivity index is 2.04.